The molecule has 1 rings (SSSR count). The Morgan fingerprint density at radius 1 is 1.06 bits per heavy atom. The van der Waals surface area contributed by atoms with Gasteiger partial charge < -0.3 is 14.6 Å². The molecular weight excluding hydrogens is 204 g/mol. The number of ether oxygens (including phenoxy) is 2. The van der Waals surface area contributed by atoms with Gasteiger partial charge in [-0.2, -0.15) is 0 Å². The molecule has 1 heterocycles. The summed E-state index contributed by atoms with van der Waals surface area (Å²) in [6, 6.07) is 0. The van der Waals surface area contributed by atoms with Crippen molar-refractivity contribution in [2.24, 2.45) is 0 Å². The van der Waals surface area contributed by atoms with E-state index in [0.29, 0.717) is 19.6 Å². The van der Waals surface area contributed by atoms with Crippen LogP contribution in [0.3, 0.4) is 0 Å². The molecule has 1 N–H and O–H groups in total. The Morgan fingerprint density at radius 2 is 1.69 bits per heavy atom. The van der Waals surface area contributed by atoms with Crippen LogP contribution in [0.5, 0.6) is 0 Å². The SMILES string of the molecule is CCCCCCCCC(O)CC1OCCO1. The lowest BCUT2D eigenvalue weighted by Gasteiger charge is -2.14. The lowest BCUT2D eigenvalue weighted by atomic mass is 10.1. The Kier molecular flexibility index (Phi) is 7.81. The molecule has 1 saturated heterocycles. The molecule has 1 atom stereocenters. The average molecular weight is 230 g/mol. The van der Waals surface area contributed by atoms with Crippen molar-refractivity contribution in [3.8, 4) is 0 Å². The van der Waals surface area contributed by atoms with Crippen LogP contribution in [0.15, 0.2) is 0 Å². The van der Waals surface area contributed by atoms with Gasteiger partial charge in [-0.15, -0.1) is 0 Å². The third-order valence-corrected chi connectivity index (χ3v) is 3.05. The summed E-state index contributed by atoms with van der Waals surface area (Å²) in [6.45, 7) is 3.58. The summed E-state index contributed by atoms with van der Waals surface area (Å²) in [5.74, 6) is 0. The minimum absolute atomic E-state index is 0.157. The van der Waals surface area contributed by atoms with Crippen molar-refractivity contribution < 1.29 is 14.6 Å². The van der Waals surface area contributed by atoms with Crippen molar-refractivity contribution >= 4 is 0 Å². The van der Waals surface area contributed by atoms with Crippen LogP contribution in [-0.4, -0.2) is 30.7 Å². The van der Waals surface area contributed by atoms with E-state index < -0.39 is 0 Å². The summed E-state index contributed by atoms with van der Waals surface area (Å²) in [5.41, 5.74) is 0. The molecule has 16 heavy (non-hydrogen) atoms. The summed E-state index contributed by atoms with van der Waals surface area (Å²) in [4.78, 5) is 0. The first-order chi connectivity index (χ1) is 7.83. The van der Waals surface area contributed by atoms with Crippen molar-refractivity contribution in [3.05, 3.63) is 0 Å². The molecule has 1 aliphatic heterocycles. The molecule has 0 spiro atoms. The van der Waals surface area contributed by atoms with E-state index in [2.05, 4.69) is 6.92 Å². The van der Waals surface area contributed by atoms with E-state index in [1.54, 1.807) is 0 Å². The van der Waals surface area contributed by atoms with Crippen LogP contribution in [0.4, 0.5) is 0 Å². The van der Waals surface area contributed by atoms with Crippen molar-refractivity contribution in [1.82, 2.24) is 0 Å². The Hall–Kier alpha value is -0.120. The largest absolute Gasteiger partial charge is 0.393 e. The first-order valence-corrected chi connectivity index (χ1v) is 6.74. The predicted molar refractivity (Wildman–Crippen MR) is 64.3 cm³/mol. The highest BCUT2D eigenvalue weighted by Crippen LogP contribution is 2.15. The molecule has 0 aromatic heterocycles. The van der Waals surface area contributed by atoms with Gasteiger partial charge in [0, 0.05) is 6.42 Å². The number of hydrogen-bond donors (Lipinski definition) is 1. The van der Waals surface area contributed by atoms with Crippen LogP contribution in [0.1, 0.15) is 58.3 Å². The van der Waals surface area contributed by atoms with E-state index >= 15 is 0 Å². The van der Waals surface area contributed by atoms with Crippen molar-refractivity contribution in [1.29, 1.82) is 0 Å². The first kappa shape index (κ1) is 13.9. The first-order valence-electron chi connectivity index (χ1n) is 6.74. The zero-order valence-electron chi connectivity index (χ0n) is 10.5. The summed E-state index contributed by atoms with van der Waals surface area (Å²) < 4.78 is 10.6. The molecule has 1 fully saturated rings. The van der Waals surface area contributed by atoms with Gasteiger partial charge >= 0.3 is 0 Å². The zero-order chi connectivity index (χ0) is 11.6. The maximum atomic E-state index is 9.75. The lowest BCUT2D eigenvalue weighted by molar-refractivity contribution is -0.0712. The van der Waals surface area contributed by atoms with E-state index in [1.165, 1.54) is 32.1 Å². The average Bonchev–Trinajstić information content (AvgIpc) is 2.76. The van der Waals surface area contributed by atoms with Crippen molar-refractivity contribution in [2.75, 3.05) is 13.2 Å². The Labute approximate surface area is 99.1 Å². The van der Waals surface area contributed by atoms with E-state index in [-0.39, 0.29) is 12.4 Å². The summed E-state index contributed by atoms with van der Waals surface area (Å²) in [6.07, 6.45) is 8.74. The molecule has 1 aliphatic rings. The van der Waals surface area contributed by atoms with Gasteiger partial charge in [0.1, 0.15) is 0 Å². The second-order valence-electron chi connectivity index (χ2n) is 4.62. The van der Waals surface area contributed by atoms with Gasteiger partial charge in [0.25, 0.3) is 0 Å². The van der Waals surface area contributed by atoms with Gasteiger partial charge in [-0.3, -0.25) is 0 Å². The Morgan fingerprint density at radius 3 is 2.38 bits per heavy atom. The zero-order valence-corrected chi connectivity index (χ0v) is 10.5. The fourth-order valence-electron chi connectivity index (χ4n) is 2.04. The summed E-state index contributed by atoms with van der Waals surface area (Å²) in [7, 11) is 0. The van der Waals surface area contributed by atoms with E-state index in [0.717, 1.165) is 12.8 Å². The van der Waals surface area contributed by atoms with Gasteiger partial charge in [-0.1, -0.05) is 45.4 Å². The highest BCUT2D eigenvalue weighted by Gasteiger charge is 2.19. The normalized spacial score (nSPS) is 19.1. The maximum absolute atomic E-state index is 9.75. The third kappa shape index (κ3) is 6.46. The number of unbranched alkanes of at least 4 members (excludes halogenated alkanes) is 5. The molecule has 1 unspecified atom stereocenters. The van der Waals surface area contributed by atoms with Crippen LogP contribution in [-0.2, 0) is 9.47 Å². The van der Waals surface area contributed by atoms with Crippen molar-refractivity contribution in [3.63, 3.8) is 0 Å². The molecule has 0 radical (unpaired) electrons. The van der Waals surface area contributed by atoms with Crippen LogP contribution in [0, 0.1) is 0 Å². The van der Waals surface area contributed by atoms with Crippen LogP contribution >= 0.6 is 0 Å². The number of aliphatic hydroxyl groups is 1. The molecule has 0 bridgehead atoms. The maximum Gasteiger partial charge on any atom is 0.160 e. The molecule has 0 aromatic rings. The predicted octanol–water partition coefficient (Wildman–Crippen LogP) is 2.86. The molecule has 0 saturated carbocycles. The van der Waals surface area contributed by atoms with Gasteiger partial charge in [0.05, 0.1) is 19.3 Å². The van der Waals surface area contributed by atoms with Gasteiger partial charge in [-0.05, 0) is 6.42 Å². The fourth-order valence-corrected chi connectivity index (χ4v) is 2.04. The Balaban J connectivity index is 1.87. The molecule has 3 nitrogen and oxygen atoms in total. The van der Waals surface area contributed by atoms with Gasteiger partial charge in [0.15, 0.2) is 6.29 Å². The van der Waals surface area contributed by atoms with Crippen LogP contribution in [0.25, 0.3) is 0 Å². The molecular formula is C13H26O3. The smallest absolute Gasteiger partial charge is 0.160 e. The second-order valence-corrected chi connectivity index (χ2v) is 4.62. The second kappa shape index (κ2) is 8.97. The lowest BCUT2D eigenvalue weighted by Crippen LogP contribution is -2.18. The summed E-state index contributed by atoms with van der Waals surface area (Å²) >= 11 is 0. The van der Waals surface area contributed by atoms with Gasteiger partial charge in [-0.25, -0.2) is 0 Å². The summed E-state index contributed by atoms with van der Waals surface area (Å²) in [5, 5.41) is 9.75. The highest BCUT2D eigenvalue weighted by atomic mass is 16.7. The standard InChI is InChI=1S/C13H26O3/c1-2-3-4-5-6-7-8-12(14)11-13-15-9-10-16-13/h12-14H,2-11H2,1H3. The van der Waals surface area contributed by atoms with Crippen LogP contribution in [0.2, 0.25) is 0 Å². The number of rotatable bonds is 9. The number of aliphatic hydroxyl groups excluding tert-OH is 1. The molecule has 0 amide bonds. The van der Waals surface area contributed by atoms with Crippen molar-refractivity contribution in [2.45, 2.75) is 70.7 Å². The minimum Gasteiger partial charge on any atom is -0.393 e. The molecule has 3 heteroatoms. The molecule has 96 valence electrons. The Bertz CT molecular complexity index is 155. The van der Waals surface area contributed by atoms with E-state index in [9.17, 15) is 5.11 Å². The monoisotopic (exact) mass is 230 g/mol. The molecule has 0 aromatic carbocycles. The fraction of sp³-hybridized carbons (Fsp3) is 1.00. The van der Waals surface area contributed by atoms with E-state index in [1.807, 2.05) is 0 Å². The quantitative estimate of drug-likeness (QED) is 0.619. The number of hydrogen-bond acceptors (Lipinski definition) is 3. The van der Waals surface area contributed by atoms with Crippen LogP contribution < -0.4 is 0 Å². The topological polar surface area (TPSA) is 38.7 Å². The van der Waals surface area contributed by atoms with Gasteiger partial charge in [0.2, 0.25) is 0 Å². The van der Waals surface area contributed by atoms with E-state index in [4.69, 9.17) is 9.47 Å². The third-order valence-electron chi connectivity index (χ3n) is 3.05. The minimum atomic E-state index is -0.255. The molecule has 0 aliphatic carbocycles. The highest BCUT2D eigenvalue weighted by molar-refractivity contribution is 4.61.